The van der Waals surface area contributed by atoms with Gasteiger partial charge in [-0.3, -0.25) is 0 Å². The van der Waals surface area contributed by atoms with Crippen LogP contribution in [0.3, 0.4) is 0 Å². The third-order valence-electron chi connectivity index (χ3n) is 3.28. The number of benzene rings is 1. The van der Waals surface area contributed by atoms with E-state index < -0.39 is 0 Å². The fourth-order valence-electron chi connectivity index (χ4n) is 2.10. The summed E-state index contributed by atoms with van der Waals surface area (Å²) in [7, 11) is 0. The Morgan fingerprint density at radius 3 is 2.81 bits per heavy atom. The third kappa shape index (κ3) is 3.35. The molecule has 1 aromatic carbocycles. The zero-order chi connectivity index (χ0) is 14.7. The van der Waals surface area contributed by atoms with Crippen LogP contribution in [0.25, 0.3) is 0 Å². The minimum atomic E-state index is -0.329. The molecule has 6 nitrogen and oxygen atoms in total. The average molecular weight is 283 g/mol. The van der Waals surface area contributed by atoms with E-state index in [9.17, 15) is 0 Å². The first-order valence-electron chi connectivity index (χ1n) is 6.81. The van der Waals surface area contributed by atoms with Gasteiger partial charge in [0.2, 0.25) is 5.89 Å². The Kier molecular flexibility index (Phi) is 3.79. The Bertz CT molecular complexity index is 687. The zero-order valence-electron chi connectivity index (χ0n) is 11.8. The number of aromatic nitrogens is 4. The highest BCUT2D eigenvalue weighted by molar-refractivity contribution is 5.23. The Morgan fingerprint density at radius 2 is 2.10 bits per heavy atom. The molecular weight excluding hydrogens is 266 g/mol. The molecule has 0 aliphatic rings. The first kappa shape index (κ1) is 13.5. The van der Waals surface area contributed by atoms with Gasteiger partial charge in [-0.15, -0.1) is 0 Å². The van der Waals surface area contributed by atoms with Gasteiger partial charge >= 0.3 is 0 Å². The molecule has 2 heterocycles. The molecule has 0 bridgehead atoms. The van der Waals surface area contributed by atoms with Crippen molar-refractivity contribution in [3.8, 4) is 0 Å². The number of nitrogens with two attached hydrogens (primary N) is 1. The molecule has 108 valence electrons. The summed E-state index contributed by atoms with van der Waals surface area (Å²) in [5.41, 5.74) is 9.39. The quantitative estimate of drug-likeness (QED) is 0.746. The number of H-pyrrole nitrogens is 1. The largest absolute Gasteiger partial charge is 0.348 e. The van der Waals surface area contributed by atoms with Crippen LogP contribution in [0.2, 0.25) is 0 Å². The predicted molar refractivity (Wildman–Crippen MR) is 77.5 cm³/mol. The Morgan fingerprint density at radius 1 is 1.29 bits per heavy atom. The first-order chi connectivity index (χ1) is 10.2. The molecule has 2 aromatic heterocycles. The summed E-state index contributed by atoms with van der Waals surface area (Å²) in [5, 5.41) is 3.99. The lowest BCUT2D eigenvalue weighted by molar-refractivity contribution is 0.350. The smallest absolute Gasteiger partial charge is 0.243 e. The number of hydrogen-bond donors (Lipinski definition) is 2. The summed E-state index contributed by atoms with van der Waals surface area (Å²) in [6, 6.07) is 7.94. The van der Waals surface area contributed by atoms with Gasteiger partial charge in [-0.1, -0.05) is 35.0 Å². The van der Waals surface area contributed by atoms with E-state index in [1.54, 1.807) is 12.5 Å². The molecule has 0 fully saturated rings. The Balaban J connectivity index is 1.66. The van der Waals surface area contributed by atoms with Crippen molar-refractivity contribution < 1.29 is 4.52 Å². The summed E-state index contributed by atoms with van der Waals surface area (Å²) in [4.78, 5) is 11.3. The Labute approximate surface area is 122 Å². The van der Waals surface area contributed by atoms with E-state index in [-0.39, 0.29) is 6.04 Å². The minimum Gasteiger partial charge on any atom is -0.348 e. The van der Waals surface area contributed by atoms with E-state index in [1.807, 2.05) is 0 Å². The van der Waals surface area contributed by atoms with Crippen LogP contribution < -0.4 is 5.73 Å². The topological polar surface area (TPSA) is 93.6 Å². The second-order valence-electron chi connectivity index (χ2n) is 5.10. The van der Waals surface area contributed by atoms with E-state index in [1.165, 1.54) is 5.56 Å². The minimum absolute atomic E-state index is 0.329. The predicted octanol–water partition coefficient (Wildman–Crippen LogP) is 1.93. The zero-order valence-corrected chi connectivity index (χ0v) is 11.8. The normalized spacial score (nSPS) is 12.5. The van der Waals surface area contributed by atoms with E-state index in [0.717, 1.165) is 11.3 Å². The lowest BCUT2D eigenvalue weighted by Gasteiger charge is -2.03. The number of nitrogens with one attached hydrogen (secondary N) is 1. The molecular formula is C15H17N5O. The van der Waals surface area contributed by atoms with Gasteiger partial charge in [0.05, 0.1) is 12.4 Å². The molecule has 0 unspecified atom stereocenters. The molecule has 6 heteroatoms. The second kappa shape index (κ2) is 5.88. The van der Waals surface area contributed by atoms with Crippen molar-refractivity contribution in [2.24, 2.45) is 5.73 Å². The molecule has 1 atom stereocenters. The number of imidazole rings is 1. The number of rotatable bonds is 5. The molecule has 0 amide bonds. The fourth-order valence-corrected chi connectivity index (χ4v) is 2.10. The summed E-state index contributed by atoms with van der Waals surface area (Å²) >= 11 is 0. The monoisotopic (exact) mass is 283 g/mol. The molecule has 3 aromatic rings. The lowest BCUT2D eigenvalue weighted by Crippen LogP contribution is -2.14. The molecule has 21 heavy (non-hydrogen) atoms. The van der Waals surface area contributed by atoms with Crippen LogP contribution in [-0.4, -0.2) is 20.1 Å². The number of nitrogens with zero attached hydrogens (tertiary/aromatic N) is 3. The number of aromatic amines is 1. The standard InChI is InChI=1S/C15H17N5O/c1-10-2-4-11(5-3-10)6-14-19-15(21-20-14)13(16)7-12-8-17-9-18-12/h2-5,8-9,13H,6-7,16H2,1H3,(H,17,18)/t13-/m0/s1. The maximum Gasteiger partial charge on any atom is 0.243 e. The van der Waals surface area contributed by atoms with Crippen LogP contribution in [0.4, 0.5) is 0 Å². The van der Waals surface area contributed by atoms with Gasteiger partial charge in [-0.2, -0.15) is 4.98 Å². The molecule has 0 saturated carbocycles. The Hall–Kier alpha value is -2.47. The molecule has 0 aliphatic heterocycles. The highest BCUT2D eigenvalue weighted by atomic mass is 16.5. The maximum atomic E-state index is 6.07. The maximum absolute atomic E-state index is 6.07. The number of hydrogen-bond acceptors (Lipinski definition) is 5. The summed E-state index contributed by atoms with van der Waals surface area (Å²) in [5.74, 6) is 1.10. The SMILES string of the molecule is Cc1ccc(Cc2noc([C@@H](N)Cc3cnc[nH]3)n2)cc1. The van der Waals surface area contributed by atoms with Gasteiger partial charge in [0.15, 0.2) is 5.82 Å². The van der Waals surface area contributed by atoms with Crippen molar-refractivity contribution in [1.29, 1.82) is 0 Å². The van der Waals surface area contributed by atoms with Crippen LogP contribution in [0, 0.1) is 6.92 Å². The number of aryl methyl sites for hydroxylation is 1. The van der Waals surface area contributed by atoms with Gasteiger partial charge in [-0.25, -0.2) is 4.98 Å². The van der Waals surface area contributed by atoms with Crippen molar-refractivity contribution in [2.45, 2.75) is 25.8 Å². The van der Waals surface area contributed by atoms with E-state index in [2.05, 4.69) is 51.3 Å². The molecule has 0 radical (unpaired) electrons. The van der Waals surface area contributed by atoms with Gasteiger partial charge in [0.1, 0.15) is 0 Å². The van der Waals surface area contributed by atoms with Crippen molar-refractivity contribution in [1.82, 2.24) is 20.1 Å². The average Bonchev–Trinajstić information content (AvgIpc) is 3.13. The van der Waals surface area contributed by atoms with Crippen LogP contribution in [0.1, 0.15) is 34.6 Å². The van der Waals surface area contributed by atoms with Gasteiger partial charge in [-0.05, 0) is 12.5 Å². The highest BCUT2D eigenvalue weighted by Crippen LogP contribution is 2.14. The van der Waals surface area contributed by atoms with Crippen molar-refractivity contribution >= 4 is 0 Å². The summed E-state index contributed by atoms with van der Waals surface area (Å²) in [6.07, 6.45) is 4.59. The van der Waals surface area contributed by atoms with Crippen LogP contribution >= 0.6 is 0 Å². The molecule has 0 saturated heterocycles. The van der Waals surface area contributed by atoms with E-state index in [0.29, 0.717) is 24.6 Å². The van der Waals surface area contributed by atoms with Gasteiger partial charge < -0.3 is 15.2 Å². The van der Waals surface area contributed by atoms with E-state index in [4.69, 9.17) is 10.3 Å². The van der Waals surface area contributed by atoms with Gasteiger partial charge in [0, 0.05) is 24.7 Å². The molecule has 0 spiro atoms. The van der Waals surface area contributed by atoms with Crippen LogP contribution in [0.15, 0.2) is 41.3 Å². The first-order valence-corrected chi connectivity index (χ1v) is 6.81. The molecule has 3 rings (SSSR count). The highest BCUT2D eigenvalue weighted by Gasteiger charge is 2.16. The second-order valence-corrected chi connectivity index (χ2v) is 5.10. The molecule has 0 aliphatic carbocycles. The van der Waals surface area contributed by atoms with Crippen molar-refractivity contribution in [2.75, 3.05) is 0 Å². The van der Waals surface area contributed by atoms with Gasteiger partial charge in [0.25, 0.3) is 0 Å². The van der Waals surface area contributed by atoms with Crippen LogP contribution in [0.5, 0.6) is 0 Å². The van der Waals surface area contributed by atoms with Crippen molar-refractivity contribution in [3.63, 3.8) is 0 Å². The van der Waals surface area contributed by atoms with Crippen LogP contribution in [-0.2, 0) is 12.8 Å². The third-order valence-corrected chi connectivity index (χ3v) is 3.28. The lowest BCUT2D eigenvalue weighted by atomic mass is 10.1. The summed E-state index contributed by atoms with van der Waals surface area (Å²) < 4.78 is 5.25. The summed E-state index contributed by atoms with van der Waals surface area (Å²) in [6.45, 7) is 2.06. The van der Waals surface area contributed by atoms with Crippen molar-refractivity contribution in [3.05, 3.63) is 65.3 Å². The fraction of sp³-hybridized carbons (Fsp3) is 0.267. The van der Waals surface area contributed by atoms with E-state index >= 15 is 0 Å². The molecule has 3 N–H and O–H groups in total.